The molecule has 0 saturated heterocycles. The molecule has 1 aromatic carbocycles. The van der Waals surface area contributed by atoms with E-state index in [0.717, 1.165) is 0 Å². The second kappa shape index (κ2) is 2.93. The molecule has 0 aliphatic rings. The SMILES string of the molecule is Oc1cccc(O)c1O.[NH4+]. The Morgan fingerprint density at radius 3 is 1.60 bits per heavy atom. The van der Waals surface area contributed by atoms with E-state index in [1.165, 1.54) is 18.2 Å². The van der Waals surface area contributed by atoms with Crippen LogP contribution in [0.4, 0.5) is 0 Å². The Morgan fingerprint density at radius 2 is 1.30 bits per heavy atom. The van der Waals surface area contributed by atoms with E-state index in [-0.39, 0.29) is 17.6 Å². The van der Waals surface area contributed by atoms with Crippen molar-refractivity contribution in [3.63, 3.8) is 0 Å². The monoisotopic (exact) mass is 144 g/mol. The Bertz CT molecular complexity index is 204. The lowest BCUT2D eigenvalue weighted by Gasteiger charge is -1.96. The zero-order valence-corrected chi connectivity index (χ0v) is 5.57. The van der Waals surface area contributed by atoms with Crippen LogP contribution in [0.5, 0.6) is 17.2 Å². The third kappa shape index (κ3) is 1.29. The average Bonchev–Trinajstić information content (AvgIpc) is 1.83. The molecule has 0 aromatic heterocycles. The Labute approximate surface area is 57.9 Å². The van der Waals surface area contributed by atoms with Crippen LogP contribution < -0.4 is 6.15 Å². The lowest BCUT2D eigenvalue weighted by molar-refractivity contribution is 0.368. The predicted octanol–water partition coefficient (Wildman–Crippen LogP) is 1.18. The summed E-state index contributed by atoms with van der Waals surface area (Å²) in [6, 6.07) is 4.01. The molecular formula is C6H10NO3+. The summed E-state index contributed by atoms with van der Waals surface area (Å²) >= 11 is 0. The van der Waals surface area contributed by atoms with Gasteiger partial charge < -0.3 is 21.5 Å². The first-order chi connectivity index (χ1) is 4.22. The number of para-hydroxylation sites is 1. The van der Waals surface area contributed by atoms with Crippen molar-refractivity contribution in [2.75, 3.05) is 0 Å². The molecule has 0 saturated carbocycles. The maximum absolute atomic E-state index is 8.71. The highest BCUT2D eigenvalue weighted by atomic mass is 16.3. The van der Waals surface area contributed by atoms with Gasteiger partial charge in [0.15, 0.2) is 17.2 Å². The van der Waals surface area contributed by atoms with Crippen LogP contribution in [0.25, 0.3) is 0 Å². The Balaban J connectivity index is 0.000000810. The summed E-state index contributed by atoms with van der Waals surface area (Å²) in [6.07, 6.45) is 0. The van der Waals surface area contributed by atoms with E-state index in [1.54, 1.807) is 0 Å². The number of hydrogen-bond donors (Lipinski definition) is 4. The van der Waals surface area contributed by atoms with Crippen LogP contribution in [-0.2, 0) is 0 Å². The molecule has 0 bridgehead atoms. The van der Waals surface area contributed by atoms with Crippen molar-refractivity contribution in [1.82, 2.24) is 6.15 Å². The number of aromatic hydroxyl groups is 3. The topological polar surface area (TPSA) is 97.2 Å². The van der Waals surface area contributed by atoms with Gasteiger partial charge in [-0.3, -0.25) is 0 Å². The number of quaternary nitrogens is 1. The van der Waals surface area contributed by atoms with Crippen LogP contribution in [-0.4, -0.2) is 15.3 Å². The molecule has 1 aromatic rings. The van der Waals surface area contributed by atoms with Crippen molar-refractivity contribution in [3.8, 4) is 17.2 Å². The normalized spacial score (nSPS) is 8.40. The van der Waals surface area contributed by atoms with Crippen LogP contribution in [0, 0.1) is 0 Å². The van der Waals surface area contributed by atoms with Crippen molar-refractivity contribution in [2.24, 2.45) is 0 Å². The van der Waals surface area contributed by atoms with Gasteiger partial charge in [-0.15, -0.1) is 0 Å². The Morgan fingerprint density at radius 1 is 0.900 bits per heavy atom. The molecule has 4 nitrogen and oxygen atoms in total. The highest BCUT2D eigenvalue weighted by Crippen LogP contribution is 2.32. The third-order valence-electron chi connectivity index (χ3n) is 0.993. The molecule has 0 aliphatic heterocycles. The minimum Gasteiger partial charge on any atom is -0.504 e. The second-order valence-electron chi connectivity index (χ2n) is 1.64. The smallest absolute Gasteiger partial charge is 0.200 e. The highest BCUT2D eigenvalue weighted by molar-refractivity contribution is 5.47. The summed E-state index contributed by atoms with van der Waals surface area (Å²) in [4.78, 5) is 0. The van der Waals surface area contributed by atoms with E-state index in [2.05, 4.69) is 0 Å². The molecule has 0 aliphatic carbocycles. The number of hydrogen-bond acceptors (Lipinski definition) is 3. The molecule has 0 fully saturated rings. The summed E-state index contributed by atoms with van der Waals surface area (Å²) in [5.41, 5.74) is 0. The van der Waals surface area contributed by atoms with Crippen molar-refractivity contribution in [2.45, 2.75) is 0 Å². The van der Waals surface area contributed by atoms with E-state index >= 15 is 0 Å². The van der Waals surface area contributed by atoms with Crippen molar-refractivity contribution in [3.05, 3.63) is 18.2 Å². The highest BCUT2D eigenvalue weighted by Gasteiger charge is 2.00. The summed E-state index contributed by atoms with van der Waals surface area (Å²) in [6.45, 7) is 0. The third-order valence-corrected chi connectivity index (χ3v) is 0.993. The molecular weight excluding hydrogens is 134 g/mol. The van der Waals surface area contributed by atoms with Gasteiger partial charge in [0.2, 0.25) is 0 Å². The average molecular weight is 144 g/mol. The molecule has 0 radical (unpaired) electrons. The largest absolute Gasteiger partial charge is 0.504 e. The summed E-state index contributed by atoms with van der Waals surface area (Å²) < 4.78 is 0. The molecule has 1 rings (SSSR count). The van der Waals surface area contributed by atoms with Crippen LogP contribution >= 0.6 is 0 Å². The molecule has 0 amide bonds. The molecule has 10 heavy (non-hydrogen) atoms. The fourth-order valence-electron chi connectivity index (χ4n) is 0.519. The van der Waals surface area contributed by atoms with Gasteiger partial charge in [-0.25, -0.2) is 0 Å². The number of phenols is 3. The maximum Gasteiger partial charge on any atom is 0.200 e. The minimum atomic E-state index is -0.475. The van der Waals surface area contributed by atoms with E-state index in [9.17, 15) is 0 Å². The van der Waals surface area contributed by atoms with Gasteiger partial charge in [-0.2, -0.15) is 0 Å². The lowest BCUT2D eigenvalue weighted by Crippen LogP contribution is -1.67. The van der Waals surface area contributed by atoms with Crippen LogP contribution in [0.15, 0.2) is 18.2 Å². The van der Waals surface area contributed by atoms with E-state index in [4.69, 9.17) is 15.3 Å². The standard InChI is InChI=1S/C6H6O3.H3N/c7-4-2-1-3-5(8)6(4)9;/h1-3,7-9H;1H3/p+1. The number of rotatable bonds is 0. The minimum absolute atomic E-state index is 0. The zero-order chi connectivity index (χ0) is 6.85. The first-order valence-corrected chi connectivity index (χ1v) is 2.41. The summed E-state index contributed by atoms with van der Waals surface area (Å²) in [5.74, 6) is -1.09. The van der Waals surface area contributed by atoms with E-state index in [0.29, 0.717) is 0 Å². The first kappa shape index (κ1) is 8.58. The van der Waals surface area contributed by atoms with Crippen molar-refractivity contribution < 1.29 is 15.3 Å². The molecule has 56 valence electrons. The number of phenolic OH excluding ortho intramolecular Hbond substituents is 3. The molecule has 0 unspecified atom stereocenters. The maximum atomic E-state index is 8.71. The Kier molecular flexibility index (Phi) is 2.52. The Hall–Kier alpha value is -1.42. The van der Waals surface area contributed by atoms with E-state index in [1.807, 2.05) is 0 Å². The van der Waals surface area contributed by atoms with Crippen LogP contribution in [0.3, 0.4) is 0 Å². The molecule has 0 atom stereocenters. The van der Waals surface area contributed by atoms with Crippen molar-refractivity contribution >= 4 is 0 Å². The van der Waals surface area contributed by atoms with E-state index < -0.39 is 5.75 Å². The fraction of sp³-hybridized carbons (Fsp3) is 0. The predicted molar refractivity (Wildman–Crippen MR) is 37.4 cm³/mol. The van der Waals surface area contributed by atoms with Crippen molar-refractivity contribution in [1.29, 1.82) is 0 Å². The van der Waals surface area contributed by atoms with Gasteiger partial charge in [0.1, 0.15) is 0 Å². The fourth-order valence-corrected chi connectivity index (χ4v) is 0.519. The van der Waals surface area contributed by atoms with Gasteiger partial charge in [0.25, 0.3) is 0 Å². The van der Waals surface area contributed by atoms with Gasteiger partial charge in [-0.1, -0.05) is 6.07 Å². The molecule has 0 heterocycles. The van der Waals surface area contributed by atoms with Gasteiger partial charge in [-0.05, 0) is 12.1 Å². The summed E-state index contributed by atoms with van der Waals surface area (Å²) in [7, 11) is 0. The first-order valence-electron chi connectivity index (χ1n) is 2.41. The zero-order valence-electron chi connectivity index (χ0n) is 5.57. The van der Waals surface area contributed by atoms with Crippen LogP contribution in [0.1, 0.15) is 0 Å². The van der Waals surface area contributed by atoms with Gasteiger partial charge in [0.05, 0.1) is 0 Å². The number of benzene rings is 1. The lowest BCUT2D eigenvalue weighted by atomic mass is 10.3. The van der Waals surface area contributed by atoms with Crippen LogP contribution in [0.2, 0.25) is 0 Å². The quantitative estimate of drug-likeness (QED) is 0.411. The van der Waals surface area contributed by atoms with Gasteiger partial charge >= 0.3 is 0 Å². The molecule has 0 spiro atoms. The molecule has 4 heteroatoms. The summed E-state index contributed by atoms with van der Waals surface area (Å²) in [5, 5.41) is 26.1. The second-order valence-corrected chi connectivity index (χ2v) is 1.64. The van der Waals surface area contributed by atoms with Gasteiger partial charge in [0, 0.05) is 0 Å². The molecule has 7 N–H and O–H groups in total.